The first-order valence-corrected chi connectivity index (χ1v) is 6.93. The topological polar surface area (TPSA) is 12.0 Å². The van der Waals surface area contributed by atoms with E-state index >= 15 is 0 Å². The molecule has 1 atom stereocenters. The number of thiophene rings is 1. The molecule has 1 N–H and O–H groups in total. The Morgan fingerprint density at radius 1 is 1.18 bits per heavy atom. The molecule has 17 heavy (non-hydrogen) atoms. The number of rotatable bonds is 5. The third kappa shape index (κ3) is 3.56. The Labute approximate surface area is 111 Å². The van der Waals surface area contributed by atoms with E-state index in [0.717, 1.165) is 17.3 Å². The SMILES string of the molecule is CNCC(Cc1ccc(Cl)s1)c1ccccc1. The Hall–Kier alpha value is -0.830. The first-order chi connectivity index (χ1) is 8.29. The summed E-state index contributed by atoms with van der Waals surface area (Å²) < 4.78 is 0.872. The van der Waals surface area contributed by atoms with Crippen LogP contribution in [0.3, 0.4) is 0 Å². The Morgan fingerprint density at radius 2 is 1.94 bits per heavy atom. The van der Waals surface area contributed by atoms with Crippen LogP contribution >= 0.6 is 22.9 Å². The fourth-order valence-corrected chi connectivity index (χ4v) is 3.15. The summed E-state index contributed by atoms with van der Waals surface area (Å²) in [6, 6.07) is 14.7. The molecule has 2 aromatic rings. The van der Waals surface area contributed by atoms with Gasteiger partial charge in [0, 0.05) is 17.3 Å². The van der Waals surface area contributed by atoms with Gasteiger partial charge >= 0.3 is 0 Å². The van der Waals surface area contributed by atoms with Gasteiger partial charge in [0.25, 0.3) is 0 Å². The maximum atomic E-state index is 5.97. The lowest BCUT2D eigenvalue weighted by molar-refractivity contribution is 0.630. The van der Waals surface area contributed by atoms with Crippen LogP contribution in [0.15, 0.2) is 42.5 Å². The lowest BCUT2D eigenvalue weighted by atomic mass is 9.95. The highest BCUT2D eigenvalue weighted by atomic mass is 35.5. The Balaban J connectivity index is 2.13. The fourth-order valence-electron chi connectivity index (χ4n) is 1.98. The molecule has 1 aromatic carbocycles. The first kappa shape index (κ1) is 12.6. The second-order valence-electron chi connectivity index (χ2n) is 4.08. The molecule has 2 rings (SSSR count). The zero-order valence-electron chi connectivity index (χ0n) is 9.82. The van der Waals surface area contributed by atoms with Gasteiger partial charge < -0.3 is 5.32 Å². The molecule has 0 saturated heterocycles. The van der Waals surface area contributed by atoms with Crippen LogP contribution in [0.2, 0.25) is 4.34 Å². The quantitative estimate of drug-likeness (QED) is 0.863. The molecular weight excluding hydrogens is 250 g/mol. The second kappa shape index (κ2) is 6.20. The molecule has 3 heteroatoms. The monoisotopic (exact) mass is 265 g/mol. The lowest BCUT2D eigenvalue weighted by Gasteiger charge is -2.16. The third-order valence-corrected chi connectivity index (χ3v) is 4.05. The highest BCUT2D eigenvalue weighted by Crippen LogP contribution is 2.27. The van der Waals surface area contributed by atoms with E-state index in [1.54, 1.807) is 11.3 Å². The molecule has 90 valence electrons. The van der Waals surface area contributed by atoms with E-state index in [-0.39, 0.29) is 0 Å². The molecule has 0 bridgehead atoms. The number of hydrogen-bond acceptors (Lipinski definition) is 2. The van der Waals surface area contributed by atoms with Gasteiger partial charge in [0.2, 0.25) is 0 Å². The molecule has 1 aromatic heterocycles. The number of halogens is 1. The summed E-state index contributed by atoms with van der Waals surface area (Å²) in [5.41, 5.74) is 1.38. The van der Waals surface area contributed by atoms with Gasteiger partial charge in [-0.2, -0.15) is 0 Å². The summed E-state index contributed by atoms with van der Waals surface area (Å²) in [7, 11) is 2.00. The molecule has 0 aliphatic heterocycles. The molecule has 1 nitrogen and oxygen atoms in total. The van der Waals surface area contributed by atoms with Crippen molar-refractivity contribution in [2.24, 2.45) is 0 Å². The summed E-state index contributed by atoms with van der Waals surface area (Å²) in [4.78, 5) is 1.35. The summed E-state index contributed by atoms with van der Waals surface area (Å²) in [5.74, 6) is 0.510. The van der Waals surface area contributed by atoms with E-state index in [1.165, 1.54) is 10.4 Å². The fraction of sp³-hybridized carbons (Fsp3) is 0.286. The summed E-state index contributed by atoms with van der Waals surface area (Å²) in [6.45, 7) is 0.986. The van der Waals surface area contributed by atoms with Gasteiger partial charge in [-0.1, -0.05) is 41.9 Å². The van der Waals surface area contributed by atoms with Crippen molar-refractivity contribution in [3.8, 4) is 0 Å². The first-order valence-electron chi connectivity index (χ1n) is 5.73. The van der Waals surface area contributed by atoms with Crippen molar-refractivity contribution in [1.29, 1.82) is 0 Å². The molecule has 0 fully saturated rings. The summed E-state index contributed by atoms with van der Waals surface area (Å²) in [6.07, 6.45) is 1.04. The van der Waals surface area contributed by atoms with Gasteiger partial charge in [0.15, 0.2) is 0 Å². The van der Waals surface area contributed by atoms with Crippen molar-refractivity contribution in [2.45, 2.75) is 12.3 Å². The van der Waals surface area contributed by atoms with Crippen LogP contribution in [0.4, 0.5) is 0 Å². The molecule has 1 heterocycles. The van der Waals surface area contributed by atoms with Gasteiger partial charge in [0.05, 0.1) is 4.34 Å². The van der Waals surface area contributed by atoms with E-state index < -0.39 is 0 Å². The van der Waals surface area contributed by atoms with Crippen LogP contribution in [0, 0.1) is 0 Å². The normalized spacial score (nSPS) is 12.6. The second-order valence-corrected chi connectivity index (χ2v) is 5.87. The summed E-state index contributed by atoms with van der Waals surface area (Å²) >= 11 is 7.64. The lowest BCUT2D eigenvalue weighted by Crippen LogP contribution is -2.18. The molecule has 0 aliphatic carbocycles. The predicted octanol–water partition coefficient (Wildman–Crippen LogP) is 3.95. The minimum atomic E-state index is 0.510. The van der Waals surface area contributed by atoms with Crippen LogP contribution in [0.1, 0.15) is 16.4 Å². The Morgan fingerprint density at radius 3 is 2.53 bits per heavy atom. The van der Waals surface area contributed by atoms with E-state index in [0.29, 0.717) is 5.92 Å². The van der Waals surface area contributed by atoms with Crippen LogP contribution in [-0.4, -0.2) is 13.6 Å². The van der Waals surface area contributed by atoms with Crippen molar-refractivity contribution in [3.05, 3.63) is 57.2 Å². The number of benzene rings is 1. The molecule has 0 aliphatic rings. The molecule has 0 spiro atoms. The highest BCUT2D eigenvalue weighted by Gasteiger charge is 2.12. The van der Waals surface area contributed by atoms with Crippen molar-refractivity contribution in [3.63, 3.8) is 0 Å². The minimum Gasteiger partial charge on any atom is -0.319 e. The van der Waals surface area contributed by atoms with E-state index in [9.17, 15) is 0 Å². The summed E-state index contributed by atoms with van der Waals surface area (Å²) in [5, 5.41) is 3.26. The van der Waals surface area contributed by atoms with Gasteiger partial charge in [-0.05, 0) is 31.2 Å². The zero-order chi connectivity index (χ0) is 12.1. The number of likely N-dealkylation sites (N-methyl/N-ethyl adjacent to an activating group) is 1. The van der Waals surface area contributed by atoms with E-state index in [4.69, 9.17) is 11.6 Å². The molecule has 0 radical (unpaired) electrons. The van der Waals surface area contributed by atoms with Gasteiger partial charge in [-0.15, -0.1) is 11.3 Å². The zero-order valence-corrected chi connectivity index (χ0v) is 11.4. The smallest absolute Gasteiger partial charge is 0.0931 e. The maximum absolute atomic E-state index is 5.97. The molecule has 0 saturated carbocycles. The van der Waals surface area contributed by atoms with Crippen molar-refractivity contribution in [2.75, 3.05) is 13.6 Å². The van der Waals surface area contributed by atoms with Crippen molar-refractivity contribution < 1.29 is 0 Å². The number of nitrogens with one attached hydrogen (secondary N) is 1. The van der Waals surface area contributed by atoms with Crippen LogP contribution in [0.25, 0.3) is 0 Å². The van der Waals surface area contributed by atoms with Crippen molar-refractivity contribution >= 4 is 22.9 Å². The Bertz CT molecular complexity index is 452. The number of hydrogen-bond donors (Lipinski definition) is 1. The van der Waals surface area contributed by atoms with Crippen LogP contribution in [-0.2, 0) is 6.42 Å². The molecule has 1 unspecified atom stereocenters. The minimum absolute atomic E-state index is 0.510. The average Bonchev–Trinajstić information content (AvgIpc) is 2.75. The van der Waals surface area contributed by atoms with E-state index in [2.05, 4.69) is 41.7 Å². The Kier molecular flexibility index (Phi) is 4.60. The standard InChI is InChI=1S/C14H16ClNS/c1-16-10-12(11-5-3-2-4-6-11)9-13-7-8-14(15)17-13/h2-8,12,16H,9-10H2,1H3. The predicted molar refractivity (Wildman–Crippen MR) is 76.1 cm³/mol. The van der Waals surface area contributed by atoms with Gasteiger partial charge in [-0.25, -0.2) is 0 Å². The maximum Gasteiger partial charge on any atom is 0.0931 e. The molecular formula is C14H16ClNS. The average molecular weight is 266 g/mol. The van der Waals surface area contributed by atoms with Crippen LogP contribution < -0.4 is 5.32 Å². The van der Waals surface area contributed by atoms with Gasteiger partial charge in [0.1, 0.15) is 0 Å². The van der Waals surface area contributed by atoms with Crippen molar-refractivity contribution in [1.82, 2.24) is 5.32 Å². The highest BCUT2D eigenvalue weighted by molar-refractivity contribution is 7.16. The van der Waals surface area contributed by atoms with Crippen LogP contribution in [0.5, 0.6) is 0 Å². The third-order valence-electron chi connectivity index (χ3n) is 2.80. The molecule has 0 amide bonds. The van der Waals surface area contributed by atoms with E-state index in [1.807, 2.05) is 13.1 Å². The largest absolute Gasteiger partial charge is 0.319 e. The van der Waals surface area contributed by atoms with Gasteiger partial charge in [-0.3, -0.25) is 0 Å².